The highest BCUT2D eigenvalue weighted by Gasteiger charge is 2.22. The molecule has 0 aliphatic heterocycles. The van der Waals surface area contributed by atoms with Crippen molar-refractivity contribution in [3.63, 3.8) is 0 Å². The van der Waals surface area contributed by atoms with Crippen molar-refractivity contribution in [1.82, 2.24) is 19.9 Å². The quantitative estimate of drug-likeness (QED) is 0.233. The molecule has 0 saturated carbocycles. The van der Waals surface area contributed by atoms with Crippen LogP contribution in [0.3, 0.4) is 0 Å². The van der Waals surface area contributed by atoms with Crippen molar-refractivity contribution in [3.05, 3.63) is 65.3 Å². The Balaban J connectivity index is 1.34. The Morgan fingerprint density at radius 3 is 2.70 bits per heavy atom. The second-order valence-electron chi connectivity index (χ2n) is 8.64. The van der Waals surface area contributed by atoms with Crippen molar-refractivity contribution in [1.29, 1.82) is 5.26 Å². The Labute approximate surface area is 236 Å². The number of amides is 1. The van der Waals surface area contributed by atoms with Crippen molar-refractivity contribution in [3.8, 4) is 28.3 Å². The van der Waals surface area contributed by atoms with Gasteiger partial charge in [0.2, 0.25) is 5.88 Å². The van der Waals surface area contributed by atoms with Gasteiger partial charge in [-0.25, -0.2) is 24.1 Å². The molecule has 0 spiro atoms. The van der Waals surface area contributed by atoms with Crippen LogP contribution in [0.4, 0.5) is 14.9 Å². The van der Waals surface area contributed by atoms with Gasteiger partial charge >= 0.3 is 6.09 Å². The van der Waals surface area contributed by atoms with Crippen LogP contribution in [0.25, 0.3) is 31.8 Å². The van der Waals surface area contributed by atoms with E-state index in [1.807, 2.05) is 6.07 Å². The van der Waals surface area contributed by atoms with E-state index in [1.165, 1.54) is 49.2 Å². The van der Waals surface area contributed by atoms with Gasteiger partial charge in [-0.3, -0.25) is 10.3 Å². The fourth-order valence-corrected chi connectivity index (χ4v) is 4.95. The van der Waals surface area contributed by atoms with E-state index in [0.29, 0.717) is 48.4 Å². The molecule has 3 aromatic heterocycles. The molecule has 40 heavy (non-hydrogen) atoms. The Hall–Kier alpha value is -4.60. The van der Waals surface area contributed by atoms with Crippen LogP contribution in [-0.2, 0) is 4.74 Å². The number of methoxy groups -OCH3 is 1. The summed E-state index contributed by atoms with van der Waals surface area (Å²) in [5.41, 5.74) is 2.80. The first-order valence-electron chi connectivity index (χ1n) is 11.8. The largest absolute Gasteiger partial charge is 0.484 e. The van der Waals surface area contributed by atoms with Crippen LogP contribution in [0, 0.1) is 17.1 Å². The van der Waals surface area contributed by atoms with Crippen LogP contribution in [0.5, 0.6) is 11.6 Å². The number of benzene rings is 2. The molecule has 10 nitrogen and oxygen atoms in total. The third kappa shape index (κ3) is 5.70. The van der Waals surface area contributed by atoms with Gasteiger partial charge in [0.05, 0.1) is 52.0 Å². The molecule has 0 radical (unpaired) electrons. The Kier molecular flexibility index (Phi) is 7.59. The van der Waals surface area contributed by atoms with Gasteiger partial charge in [-0.05, 0) is 32.0 Å². The highest BCUT2D eigenvalue weighted by Crippen LogP contribution is 2.38. The number of anilines is 1. The molecule has 0 saturated heterocycles. The molecule has 1 amide bonds. The number of halogens is 2. The lowest BCUT2D eigenvalue weighted by atomic mass is 10.2. The maximum atomic E-state index is 15.0. The molecule has 13 heteroatoms. The summed E-state index contributed by atoms with van der Waals surface area (Å²) in [7, 11) is 1.50. The highest BCUT2D eigenvalue weighted by atomic mass is 35.5. The zero-order valence-corrected chi connectivity index (χ0v) is 22.9. The monoisotopic (exact) mass is 578 g/mol. The smallest absolute Gasteiger partial charge is 0.412 e. The average molecular weight is 579 g/mol. The van der Waals surface area contributed by atoms with Gasteiger partial charge in [-0.15, -0.1) is 11.3 Å². The Morgan fingerprint density at radius 1 is 1.10 bits per heavy atom. The number of nitrogens with zero attached hydrogens (tertiary/aromatic N) is 5. The summed E-state index contributed by atoms with van der Waals surface area (Å²) < 4.78 is 32.0. The van der Waals surface area contributed by atoms with Crippen LogP contribution in [-0.4, -0.2) is 45.3 Å². The summed E-state index contributed by atoms with van der Waals surface area (Å²) in [6.45, 7) is 3.28. The highest BCUT2D eigenvalue weighted by molar-refractivity contribution is 7.21. The van der Waals surface area contributed by atoms with Crippen LogP contribution in [0.1, 0.15) is 19.4 Å². The summed E-state index contributed by atoms with van der Waals surface area (Å²) in [5.74, 6) is -0.283. The second kappa shape index (κ2) is 11.3. The minimum Gasteiger partial charge on any atom is -0.484 e. The number of hydrogen-bond donors (Lipinski definition) is 1. The number of nitriles is 1. The lowest BCUT2D eigenvalue weighted by Gasteiger charge is -2.22. The molecular weight excluding hydrogens is 559 g/mol. The van der Waals surface area contributed by atoms with Crippen molar-refractivity contribution in [2.45, 2.75) is 26.1 Å². The summed E-state index contributed by atoms with van der Waals surface area (Å²) in [5, 5.41) is 12.5. The molecule has 0 aliphatic rings. The molecule has 2 atom stereocenters. The van der Waals surface area contributed by atoms with Gasteiger partial charge in [-0.1, -0.05) is 11.6 Å². The van der Waals surface area contributed by atoms with Crippen LogP contribution >= 0.6 is 22.9 Å². The summed E-state index contributed by atoms with van der Waals surface area (Å²) in [6, 6.07) is 9.65. The number of aromatic nitrogens is 4. The van der Waals surface area contributed by atoms with E-state index in [1.54, 1.807) is 32.0 Å². The van der Waals surface area contributed by atoms with Crippen molar-refractivity contribution in [2.75, 3.05) is 12.4 Å². The first-order chi connectivity index (χ1) is 19.2. The van der Waals surface area contributed by atoms with Gasteiger partial charge in [0.1, 0.15) is 23.3 Å². The maximum Gasteiger partial charge on any atom is 0.412 e. The number of hydrogen-bond acceptors (Lipinski definition) is 10. The molecule has 0 bridgehead atoms. The molecule has 0 aliphatic carbocycles. The van der Waals surface area contributed by atoms with E-state index in [2.05, 4.69) is 25.3 Å². The van der Waals surface area contributed by atoms with Gasteiger partial charge in [0, 0.05) is 28.9 Å². The molecule has 0 fully saturated rings. The van der Waals surface area contributed by atoms with E-state index in [4.69, 9.17) is 31.1 Å². The number of carbonyl (C=O) groups excluding carboxylic acids is 1. The molecule has 0 unspecified atom stereocenters. The lowest BCUT2D eigenvalue weighted by molar-refractivity contribution is 0.0402. The number of pyridine rings is 1. The standard InChI is InChI=1S/C27H20ClFN6O4S/c1-13(14(2)39-27(36)33-17-4-15(9-30)10-31-11-17)38-22-8-23-20(7-19(22)29)35-26(40-23)18-5-16(28)6-21-25(18)32-12-24(34-21)37-3/h4-8,10-14H,1-3H3,(H,33,36)/t13-,14+/m0/s1. The average Bonchev–Trinajstić information content (AvgIpc) is 3.34. The van der Waals surface area contributed by atoms with Crippen molar-refractivity contribution in [2.24, 2.45) is 0 Å². The number of nitrogens with one attached hydrogen (secondary N) is 1. The van der Waals surface area contributed by atoms with E-state index in [-0.39, 0.29) is 11.3 Å². The van der Waals surface area contributed by atoms with Crippen LogP contribution in [0.15, 0.2) is 48.9 Å². The van der Waals surface area contributed by atoms with Gasteiger partial charge in [0.15, 0.2) is 11.6 Å². The van der Waals surface area contributed by atoms with E-state index >= 15 is 4.39 Å². The minimum atomic E-state index is -0.766. The third-order valence-electron chi connectivity index (χ3n) is 5.85. The molecule has 202 valence electrons. The first kappa shape index (κ1) is 27.0. The fraction of sp³-hybridized carbons (Fsp3) is 0.185. The number of ether oxygens (including phenoxy) is 3. The lowest BCUT2D eigenvalue weighted by Crippen LogP contribution is -2.32. The van der Waals surface area contributed by atoms with Crippen molar-refractivity contribution >= 4 is 56.0 Å². The first-order valence-corrected chi connectivity index (χ1v) is 13.0. The maximum absolute atomic E-state index is 15.0. The van der Waals surface area contributed by atoms with E-state index in [9.17, 15) is 4.79 Å². The number of fused-ring (bicyclic) bond motifs is 2. The van der Waals surface area contributed by atoms with E-state index in [0.717, 1.165) is 0 Å². The van der Waals surface area contributed by atoms with Crippen molar-refractivity contribution < 1.29 is 23.4 Å². The summed E-state index contributed by atoms with van der Waals surface area (Å²) >= 11 is 7.65. The van der Waals surface area contributed by atoms with Gasteiger partial charge < -0.3 is 14.2 Å². The topological polar surface area (TPSA) is 132 Å². The normalized spacial score (nSPS) is 12.5. The van der Waals surface area contributed by atoms with Gasteiger partial charge in [-0.2, -0.15) is 5.26 Å². The van der Waals surface area contributed by atoms with Crippen LogP contribution < -0.4 is 14.8 Å². The Bertz CT molecular complexity index is 1790. The molecule has 3 heterocycles. The molecule has 2 aromatic carbocycles. The summed E-state index contributed by atoms with van der Waals surface area (Å²) in [4.78, 5) is 29.6. The van der Waals surface area contributed by atoms with E-state index < -0.39 is 24.1 Å². The minimum absolute atomic E-state index is 0.0162. The predicted molar refractivity (Wildman–Crippen MR) is 148 cm³/mol. The number of rotatable bonds is 7. The molecule has 1 N–H and O–H groups in total. The number of thiazole rings is 1. The van der Waals surface area contributed by atoms with Crippen LogP contribution in [0.2, 0.25) is 5.02 Å². The molecule has 5 rings (SSSR count). The fourth-order valence-electron chi connectivity index (χ4n) is 3.75. The molecule has 5 aromatic rings. The number of carbonyl (C=O) groups is 1. The Morgan fingerprint density at radius 2 is 1.93 bits per heavy atom. The molecular formula is C27H20ClFN6O4S. The van der Waals surface area contributed by atoms with Gasteiger partial charge in [0.25, 0.3) is 0 Å². The zero-order valence-electron chi connectivity index (χ0n) is 21.3. The third-order valence-corrected chi connectivity index (χ3v) is 7.12. The SMILES string of the molecule is COc1cnc2c(-c3nc4cc(F)c(O[C@@H](C)[C@@H](C)OC(=O)Nc5cncc(C#N)c5)cc4s3)cc(Cl)cc2n1. The predicted octanol–water partition coefficient (Wildman–Crippen LogP) is 6.38. The summed E-state index contributed by atoms with van der Waals surface area (Å²) in [6.07, 6.45) is 2.05. The zero-order chi connectivity index (χ0) is 28.4. The second-order valence-corrected chi connectivity index (χ2v) is 10.1.